The van der Waals surface area contributed by atoms with E-state index in [0.29, 0.717) is 11.4 Å². The summed E-state index contributed by atoms with van der Waals surface area (Å²) in [7, 11) is 0. The van der Waals surface area contributed by atoms with Gasteiger partial charge >= 0.3 is 0 Å². The van der Waals surface area contributed by atoms with Gasteiger partial charge in [-0.15, -0.1) is 0 Å². The molecule has 252 valence electrons. The summed E-state index contributed by atoms with van der Waals surface area (Å²) in [5.41, 5.74) is 3.49. The van der Waals surface area contributed by atoms with Crippen molar-refractivity contribution in [2.24, 2.45) is 0 Å². The van der Waals surface area contributed by atoms with Gasteiger partial charge in [0, 0.05) is 27.9 Å². The van der Waals surface area contributed by atoms with E-state index in [9.17, 15) is 11.0 Å². The molecule has 0 spiro atoms. The molecular formula is C51H37NO. The number of fused-ring (bicyclic) bond motifs is 8. The Morgan fingerprint density at radius 1 is 0.472 bits per heavy atom. The predicted octanol–water partition coefficient (Wildman–Crippen LogP) is 14.2. The first-order chi connectivity index (χ1) is 32.3. The summed E-state index contributed by atoms with van der Waals surface area (Å²) in [5, 5.41) is 0. The third kappa shape index (κ3) is 5.10. The van der Waals surface area contributed by atoms with Crippen LogP contribution in [-0.4, -0.2) is 0 Å². The van der Waals surface area contributed by atoms with Crippen LogP contribution in [0.5, 0.6) is 11.5 Å². The minimum Gasteiger partial charge on any atom is -0.456 e. The van der Waals surface area contributed by atoms with Crippen LogP contribution in [0, 0.1) is 0 Å². The molecule has 0 bridgehead atoms. The van der Waals surface area contributed by atoms with Crippen molar-refractivity contribution in [3.8, 4) is 67.1 Å². The molecule has 0 amide bonds. The lowest BCUT2D eigenvalue weighted by Gasteiger charge is -2.30. The second-order valence-electron chi connectivity index (χ2n) is 13.4. The van der Waals surface area contributed by atoms with Crippen molar-refractivity contribution < 1.29 is 25.3 Å². The van der Waals surface area contributed by atoms with Gasteiger partial charge in [-0.25, -0.2) is 0 Å². The molecule has 0 radical (unpaired) electrons. The first kappa shape index (κ1) is 19.3. The predicted molar refractivity (Wildman–Crippen MR) is 221 cm³/mol. The molecule has 0 aromatic heterocycles. The van der Waals surface area contributed by atoms with E-state index in [4.69, 9.17) is 14.3 Å². The molecule has 0 N–H and O–H groups in total. The largest absolute Gasteiger partial charge is 0.456 e. The molecule has 2 aliphatic rings. The van der Waals surface area contributed by atoms with E-state index >= 15 is 0 Å². The first-order valence-corrected chi connectivity index (χ1v) is 17.1. The summed E-state index contributed by atoms with van der Waals surface area (Å²) in [4.78, 5) is 1.68. The van der Waals surface area contributed by atoms with Crippen molar-refractivity contribution in [1.29, 1.82) is 0 Å². The fraction of sp³-hybridized carbons (Fsp3) is 0.0588. The van der Waals surface area contributed by atoms with Gasteiger partial charge in [-0.1, -0.05) is 153 Å². The average Bonchev–Trinajstić information content (AvgIpc) is 3.45. The number of benzene rings is 8. The lowest BCUT2D eigenvalue weighted by molar-refractivity contribution is 0.488. The molecule has 2 heteroatoms. The highest BCUT2D eigenvalue weighted by Gasteiger charge is 2.36. The van der Waals surface area contributed by atoms with E-state index in [2.05, 4.69) is 26.0 Å². The topological polar surface area (TPSA) is 12.5 Å². The van der Waals surface area contributed by atoms with Gasteiger partial charge in [0.15, 0.2) is 0 Å². The van der Waals surface area contributed by atoms with Crippen LogP contribution in [0.2, 0.25) is 0 Å². The molecule has 53 heavy (non-hydrogen) atoms. The Bertz CT molecular complexity index is 3490. The number of anilines is 3. The maximum absolute atomic E-state index is 9.79. The number of rotatable bonds is 5. The van der Waals surface area contributed by atoms with E-state index < -0.39 is 130 Å². The maximum atomic E-state index is 9.79. The summed E-state index contributed by atoms with van der Waals surface area (Å²) < 4.78 is 143. The first-order valence-electron chi connectivity index (χ1n) is 24.6. The minimum absolute atomic E-state index is 0.129. The van der Waals surface area contributed by atoms with Gasteiger partial charge in [-0.3, -0.25) is 0 Å². The molecule has 0 unspecified atom stereocenters. The molecule has 0 saturated heterocycles. The van der Waals surface area contributed by atoms with Crippen molar-refractivity contribution >= 4 is 17.1 Å². The summed E-state index contributed by atoms with van der Waals surface area (Å²) in [6, 6.07) is 20.1. The van der Waals surface area contributed by atoms with Gasteiger partial charge in [0.1, 0.15) is 11.5 Å². The summed E-state index contributed by atoms with van der Waals surface area (Å²) >= 11 is 0. The van der Waals surface area contributed by atoms with Crippen molar-refractivity contribution in [3.05, 3.63) is 199 Å². The molecule has 8 aromatic carbocycles. The number of hydrogen-bond acceptors (Lipinski definition) is 2. The Balaban J connectivity index is 1.34. The Morgan fingerprint density at radius 3 is 2.00 bits per heavy atom. The van der Waals surface area contributed by atoms with Gasteiger partial charge < -0.3 is 9.64 Å². The quantitative estimate of drug-likeness (QED) is 0.178. The Kier molecular flexibility index (Phi) is 4.45. The summed E-state index contributed by atoms with van der Waals surface area (Å²) in [5.74, 6) is -1.10. The average molecular weight is 695 g/mol. The molecule has 1 aliphatic heterocycles. The van der Waals surface area contributed by atoms with Gasteiger partial charge in [0.2, 0.25) is 0 Å². The van der Waals surface area contributed by atoms with Crippen LogP contribution >= 0.6 is 0 Å². The van der Waals surface area contributed by atoms with Gasteiger partial charge in [-0.2, -0.15) is 0 Å². The smallest absolute Gasteiger partial charge is 0.137 e. The molecule has 8 aromatic rings. The fourth-order valence-electron chi connectivity index (χ4n) is 7.47. The lowest BCUT2D eigenvalue weighted by atomic mass is 9.82. The number of nitrogens with zero attached hydrogens (tertiary/aromatic N) is 1. The molecule has 1 heterocycles. The van der Waals surface area contributed by atoms with E-state index in [1.54, 1.807) is 4.90 Å². The van der Waals surface area contributed by atoms with Gasteiger partial charge in [-0.05, 0) is 104 Å². The van der Waals surface area contributed by atoms with Crippen LogP contribution in [0.3, 0.4) is 0 Å². The maximum Gasteiger partial charge on any atom is 0.137 e. The normalized spacial score (nSPS) is 17.0. The molecular weight excluding hydrogens is 643 g/mol. The van der Waals surface area contributed by atoms with Crippen molar-refractivity contribution in [2.45, 2.75) is 19.3 Å². The highest BCUT2D eigenvalue weighted by Crippen LogP contribution is 2.55. The second-order valence-corrected chi connectivity index (χ2v) is 13.4. The zero-order valence-electron chi connectivity index (χ0n) is 43.6. The van der Waals surface area contributed by atoms with Crippen LogP contribution in [-0.2, 0) is 5.41 Å². The third-order valence-corrected chi connectivity index (χ3v) is 10.0. The highest BCUT2D eigenvalue weighted by atomic mass is 16.5. The third-order valence-electron chi connectivity index (χ3n) is 10.0. The number of hydrogen-bond donors (Lipinski definition) is 0. The zero-order valence-corrected chi connectivity index (χ0v) is 28.6. The Labute approximate surface area is 332 Å². The molecule has 10 rings (SSSR count). The molecule has 0 fully saturated rings. The molecule has 1 aliphatic carbocycles. The van der Waals surface area contributed by atoms with Crippen molar-refractivity contribution in [2.75, 3.05) is 4.90 Å². The van der Waals surface area contributed by atoms with Gasteiger partial charge in [0.05, 0.1) is 26.2 Å². The lowest BCUT2D eigenvalue weighted by Crippen LogP contribution is -2.17. The monoisotopic (exact) mass is 694 g/mol. The van der Waals surface area contributed by atoms with E-state index in [1.807, 2.05) is 84.9 Å². The Morgan fingerprint density at radius 2 is 1.17 bits per heavy atom. The van der Waals surface area contributed by atoms with Crippen LogP contribution in [0.25, 0.3) is 55.6 Å². The Hall–Kier alpha value is -6.64. The SMILES string of the molecule is [2H]c1c([2H])c([2H])c(-c2c([2H])c([2H])c3c(c2[2H])-c2c([2H])c([2H])c([2H])c([2H])c2-c2c(c([2H])c([2H])c([2H])c2N(c2ccc(-c4ccccc4)cc2)c2ccc4c(c2)C(C)(C)c2ccccc2-4)O3)c([2H])c1[2H]. The van der Waals surface area contributed by atoms with Crippen LogP contribution in [0.1, 0.15) is 45.5 Å². The van der Waals surface area contributed by atoms with E-state index in [1.165, 1.54) is 0 Å². The molecule has 0 saturated carbocycles. The highest BCUT2D eigenvalue weighted by molar-refractivity contribution is 6.00. The summed E-state index contributed by atoms with van der Waals surface area (Å²) in [6.07, 6.45) is 0. The van der Waals surface area contributed by atoms with Crippen molar-refractivity contribution in [3.63, 3.8) is 0 Å². The summed E-state index contributed by atoms with van der Waals surface area (Å²) in [6.45, 7) is 4.21. The molecule has 0 atom stereocenters. The van der Waals surface area contributed by atoms with E-state index in [0.717, 1.165) is 33.4 Å². The fourth-order valence-corrected chi connectivity index (χ4v) is 7.47. The van der Waals surface area contributed by atoms with Crippen molar-refractivity contribution in [1.82, 2.24) is 0 Å². The van der Waals surface area contributed by atoms with Crippen LogP contribution < -0.4 is 9.64 Å². The zero-order chi connectivity index (χ0) is 48.6. The van der Waals surface area contributed by atoms with Crippen LogP contribution in [0.4, 0.5) is 17.1 Å². The van der Waals surface area contributed by atoms with Gasteiger partial charge in [0.25, 0.3) is 0 Å². The molecule has 2 nitrogen and oxygen atoms in total. The number of ether oxygens (including phenoxy) is 1. The second kappa shape index (κ2) is 12.3. The van der Waals surface area contributed by atoms with E-state index in [-0.39, 0.29) is 16.8 Å². The minimum atomic E-state index is -0.796. The van der Waals surface area contributed by atoms with Crippen LogP contribution in [0.15, 0.2) is 188 Å². The standard InChI is InChI=1S/C51H37NO/c1-51(2)45-21-12-11-19-41(45)42-30-29-39(33-46(42)51)52(38-27-24-36(25-28-38)34-14-5-3-6-15-34)47-22-13-23-49-50(47)43-20-10-9-18-40(43)44-32-37(26-31-48(44)53-49)35-16-7-4-8-17-35/h3-33H,1-2H3/i4D,7D,8D,9D,10D,13D,16D,17D,18D,20D,22D,23D,26D,31D,32D.